The molecule has 4 aromatic rings. The fourth-order valence-electron chi connectivity index (χ4n) is 4.57. The summed E-state index contributed by atoms with van der Waals surface area (Å²) in [6.45, 7) is 4.43. The number of nitrogens with two attached hydrogens (primary N) is 1. The number of fused-ring (bicyclic) bond motifs is 1. The summed E-state index contributed by atoms with van der Waals surface area (Å²) < 4.78 is 41.7. The van der Waals surface area contributed by atoms with Crippen LogP contribution in [0.25, 0.3) is 22.2 Å². The number of benzene rings is 1. The molecule has 39 heavy (non-hydrogen) atoms. The molecular weight excluding hydrogens is 508 g/mol. The molecule has 1 atom stereocenters. The van der Waals surface area contributed by atoms with E-state index >= 15 is 0 Å². The number of anilines is 1. The first kappa shape index (κ1) is 25.6. The standard InChI is InChI=1S/C27H23F2N7O3/c1-4-22(37)35-11-9-15(14-35)36-26-17(18-6-5-10-32-33-18)13-31-27(30)23(26)19(34-36)8-7-16-24(28)20(38-2)12-21(39-3)25(16)29/h4-6,10,12-13,15H,1,9,11,14H2,2-3H3,(H2,30,31). The lowest BCUT2D eigenvalue weighted by molar-refractivity contribution is -0.125. The number of nitrogen functional groups attached to an aromatic ring is 1. The number of carbonyl (C=O) groups is 1. The smallest absolute Gasteiger partial charge is 0.246 e. The number of rotatable bonds is 5. The molecule has 0 spiro atoms. The van der Waals surface area contributed by atoms with Gasteiger partial charge in [0.1, 0.15) is 17.1 Å². The summed E-state index contributed by atoms with van der Waals surface area (Å²) >= 11 is 0. The van der Waals surface area contributed by atoms with E-state index in [1.54, 1.807) is 34.1 Å². The number of methoxy groups -OCH3 is 2. The predicted octanol–water partition coefficient (Wildman–Crippen LogP) is 3.13. The van der Waals surface area contributed by atoms with Gasteiger partial charge in [0.2, 0.25) is 5.91 Å². The van der Waals surface area contributed by atoms with Crippen molar-refractivity contribution in [1.29, 1.82) is 0 Å². The van der Waals surface area contributed by atoms with Crippen LogP contribution in [-0.2, 0) is 4.79 Å². The number of hydrogen-bond acceptors (Lipinski definition) is 8. The van der Waals surface area contributed by atoms with Gasteiger partial charge in [-0.25, -0.2) is 13.8 Å². The second-order valence-corrected chi connectivity index (χ2v) is 8.65. The number of likely N-dealkylation sites (tertiary alicyclic amines) is 1. The van der Waals surface area contributed by atoms with E-state index in [-0.39, 0.29) is 35.0 Å². The van der Waals surface area contributed by atoms with Crippen LogP contribution < -0.4 is 15.2 Å². The Morgan fingerprint density at radius 2 is 1.97 bits per heavy atom. The summed E-state index contributed by atoms with van der Waals surface area (Å²) in [5, 5.41) is 13.3. The maximum Gasteiger partial charge on any atom is 0.246 e. The number of aromatic nitrogens is 5. The number of halogens is 2. The van der Waals surface area contributed by atoms with Crippen LogP contribution in [0.1, 0.15) is 23.7 Å². The highest BCUT2D eigenvalue weighted by atomic mass is 19.1. The van der Waals surface area contributed by atoms with E-state index in [2.05, 4.69) is 33.6 Å². The zero-order chi connectivity index (χ0) is 27.7. The lowest BCUT2D eigenvalue weighted by atomic mass is 10.1. The van der Waals surface area contributed by atoms with Crippen molar-refractivity contribution in [1.82, 2.24) is 29.9 Å². The van der Waals surface area contributed by atoms with E-state index in [9.17, 15) is 13.6 Å². The third-order valence-corrected chi connectivity index (χ3v) is 6.48. The molecular formula is C27H23F2N7O3. The first-order chi connectivity index (χ1) is 18.9. The second-order valence-electron chi connectivity index (χ2n) is 8.65. The van der Waals surface area contributed by atoms with Gasteiger partial charge in [-0.05, 0) is 30.6 Å². The summed E-state index contributed by atoms with van der Waals surface area (Å²) in [7, 11) is 2.51. The van der Waals surface area contributed by atoms with Crippen molar-refractivity contribution < 1.29 is 23.0 Å². The number of carbonyl (C=O) groups excluding carboxylic acids is 1. The van der Waals surface area contributed by atoms with Crippen molar-refractivity contribution >= 4 is 22.6 Å². The van der Waals surface area contributed by atoms with Crippen molar-refractivity contribution in [3.63, 3.8) is 0 Å². The predicted molar refractivity (Wildman–Crippen MR) is 139 cm³/mol. The Bertz CT molecular complexity index is 1630. The van der Waals surface area contributed by atoms with E-state index in [0.29, 0.717) is 41.7 Å². The fraction of sp³-hybridized carbons (Fsp3) is 0.222. The Labute approximate surface area is 222 Å². The molecule has 1 unspecified atom stereocenters. The van der Waals surface area contributed by atoms with Gasteiger partial charge in [-0.15, -0.1) is 0 Å². The van der Waals surface area contributed by atoms with Crippen LogP contribution in [0, 0.1) is 23.5 Å². The number of nitrogens with zero attached hydrogens (tertiary/aromatic N) is 6. The van der Waals surface area contributed by atoms with Gasteiger partial charge in [0, 0.05) is 37.1 Å². The van der Waals surface area contributed by atoms with Crippen molar-refractivity contribution in [2.24, 2.45) is 0 Å². The third-order valence-electron chi connectivity index (χ3n) is 6.48. The number of amides is 1. The summed E-state index contributed by atoms with van der Waals surface area (Å²) in [4.78, 5) is 18.2. The molecule has 0 aliphatic carbocycles. The molecule has 1 saturated heterocycles. The van der Waals surface area contributed by atoms with Crippen LogP contribution in [0.2, 0.25) is 0 Å². The monoisotopic (exact) mass is 531 g/mol. The summed E-state index contributed by atoms with van der Waals surface area (Å²) in [6.07, 6.45) is 4.96. The minimum Gasteiger partial charge on any atom is -0.493 e. The van der Waals surface area contributed by atoms with Crippen molar-refractivity contribution in [3.05, 3.63) is 66.1 Å². The molecule has 3 aromatic heterocycles. The highest BCUT2D eigenvalue weighted by Gasteiger charge is 2.30. The lowest BCUT2D eigenvalue weighted by Gasteiger charge is -2.16. The second kappa shape index (κ2) is 10.4. The Kier molecular flexibility index (Phi) is 6.81. The summed E-state index contributed by atoms with van der Waals surface area (Å²) in [5.41, 5.74) is 7.57. The topological polar surface area (TPSA) is 121 Å². The van der Waals surface area contributed by atoms with Gasteiger partial charge in [0.05, 0.1) is 36.9 Å². The maximum absolute atomic E-state index is 15.0. The fourth-order valence-corrected chi connectivity index (χ4v) is 4.57. The largest absolute Gasteiger partial charge is 0.493 e. The van der Waals surface area contributed by atoms with Gasteiger partial charge < -0.3 is 20.1 Å². The molecule has 1 fully saturated rings. The van der Waals surface area contributed by atoms with Gasteiger partial charge in [-0.3, -0.25) is 9.48 Å². The van der Waals surface area contributed by atoms with Crippen LogP contribution in [0.15, 0.2) is 43.2 Å². The van der Waals surface area contributed by atoms with Crippen molar-refractivity contribution in [2.45, 2.75) is 12.5 Å². The van der Waals surface area contributed by atoms with E-state index in [0.717, 1.165) is 6.07 Å². The molecule has 198 valence electrons. The van der Waals surface area contributed by atoms with Crippen molar-refractivity contribution in [3.8, 4) is 34.6 Å². The van der Waals surface area contributed by atoms with Gasteiger partial charge in [0.25, 0.3) is 0 Å². The van der Waals surface area contributed by atoms with E-state index in [1.807, 2.05) is 0 Å². The van der Waals surface area contributed by atoms with Gasteiger partial charge in [0.15, 0.2) is 23.1 Å². The quantitative estimate of drug-likeness (QED) is 0.308. The number of hydrogen-bond donors (Lipinski definition) is 1. The van der Waals surface area contributed by atoms with Crippen LogP contribution in [0.4, 0.5) is 14.6 Å². The van der Waals surface area contributed by atoms with Crippen LogP contribution >= 0.6 is 0 Å². The Morgan fingerprint density at radius 3 is 2.62 bits per heavy atom. The Hall–Kier alpha value is -5.05. The van der Waals surface area contributed by atoms with Crippen LogP contribution in [0.3, 0.4) is 0 Å². The van der Waals surface area contributed by atoms with Crippen LogP contribution in [-0.4, -0.2) is 63.1 Å². The van der Waals surface area contributed by atoms with Gasteiger partial charge >= 0.3 is 0 Å². The molecule has 1 aliphatic heterocycles. The minimum absolute atomic E-state index is 0.120. The third kappa shape index (κ3) is 4.48. The SMILES string of the molecule is C=CC(=O)N1CCC(n2nc(C#Cc3c(F)c(OC)cc(OC)c3F)c3c(N)ncc(-c4cccnn4)c32)C1. The molecule has 1 aromatic carbocycles. The summed E-state index contributed by atoms with van der Waals surface area (Å²) in [6, 6.07) is 4.35. The average Bonchev–Trinajstić information content (AvgIpc) is 3.59. The molecule has 5 rings (SSSR count). The van der Waals surface area contributed by atoms with Crippen LogP contribution in [0.5, 0.6) is 11.5 Å². The molecule has 2 N–H and O–H groups in total. The zero-order valence-corrected chi connectivity index (χ0v) is 21.1. The van der Waals surface area contributed by atoms with Gasteiger partial charge in [-0.1, -0.05) is 12.5 Å². The molecule has 0 bridgehead atoms. The first-order valence-electron chi connectivity index (χ1n) is 11.9. The highest BCUT2D eigenvalue weighted by molar-refractivity contribution is 6.01. The molecule has 4 heterocycles. The maximum atomic E-state index is 15.0. The molecule has 0 saturated carbocycles. The molecule has 0 radical (unpaired) electrons. The Morgan fingerprint density at radius 1 is 1.23 bits per heavy atom. The Balaban J connectivity index is 1.73. The molecule has 12 heteroatoms. The zero-order valence-electron chi connectivity index (χ0n) is 21.1. The van der Waals surface area contributed by atoms with E-state index < -0.39 is 17.2 Å². The highest BCUT2D eigenvalue weighted by Crippen LogP contribution is 2.36. The lowest BCUT2D eigenvalue weighted by Crippen LogP contribution is -2.27. The van der Waals surface area contributed by atoms with Gasteiger partial charge in [-0.2, -0.15) is 15.3 Å². The number of pyridine rings is 1. The first-order valence-corrected chi connectivity index (χ1v) is 11.9. The summed E-state index contributed by atoms with van der Waals surface area (Å²) in [5.74, 6) is 2.83. The molecule has 1 amide bonds. The minimum atomic E-state index is -0.979. The van der Waals surface area contributed by atoms with E-state index in [1.165, 1.54) is 20.3 Å². The molecule has 10 nitrogen and oxygen atoms in total. The van der Waals surface area contributed by atoms with Crippen molar-refractivity contribution in [2.75, 3.05) is 33.0 Å². The average molecular weight is 532 g/mol. The molecule has 1 aliphatic rings. The van der Waals surface area contributed by atoms with E-state index in [4.69, 9.17) is 20.3 Å². The number of ether oxygens (including phenoxy) is 2. The normalized spacial score (nSPS) is 14.7.